The maximum atomic E-state index is 13.2. The molecule has 0 saturated carbocycles. The van der Waals surface area contributed by atoms with E-state index in [1.807, 2.05) is 13.2 Å². The number of halogens is 1. The molecule has 0 fully saturated rings. The number of ether oxygens (including phenoxy) is 1. The molecule has 0 bridgehead atoms. The van der Waals surface area contributed by atoms with Crippen molar-refractivity contribution in [3.05, 3.63) is 47.5 Å². The summed E-state index contributed by atoms with van der Waals surface area (Å²) in [6.07, 6.45) is 4.15. The molecule has 1 aliphatic heterocycles. The number of aryl methyl sites for hydroxylation is 1. The van der Waals surface area contributed by atoms with E-state index in [0.29, 0.717) is 12.2 Å². The first-order valence-electron chi connectivity index (χ1n) is 5.83. The number of nitrogens with zero attached hydrogens (tertiary/aromatic N) is 2. The Kier molecular flexibility index (Phi) is 2.56. The Morgan fingerprint density at radius 3 is 3.06 bits per heavy atom. The molecular formula is C13H14FN3O. The first-order chi connectivity index (χ1) is 8.63. The van der Waals surface area contributed by atoms with Crippen LogP contribution in [0.4, 0.5) is 4.39 Å². The Hall–Kier alpha value is -1.88. The Morgan fingerprint density at radius 2 is 2.33 bits per heavy atom. The molecule has 2 unspecified atom stereocenters. The highest BCUT2D eigenvalue weighted by molar-refractivity contribution is 5.39. The van der Waals surface area contributed by atoms with Gasteiger partial charge in [-0.3, -0.25) is 4.68 Å². The van der Waals surface area contributed by atoms with Crippen molar-refractivity contribution in [2.24, 2.45) is 12.8 Å². The minimum Gasteiger partial charge on any atom is -0.485 e. The summed E-state index contributed by atoms with van der Waals surface area (Å²) in [4.78, 5) is 0. The highest BCUT2D eigenvalue weighted by Crippen LogP contribution is 2.39. The van der Waals surface area contributed by atoms with E-state index in [1.165, 1.54) is 12.1 Å². The summed E-state index contributed by atoms with van der Waals surface area (Å²) in [6.45, 7) is 0. The van der Waals surface area contributed by atoms with E-state index in [0.717, 1.165) is 11.1 Å². The van der Waals surface area contributed by atoms with Crippen molar-refractivity contribution in [1.29, 1.82) is 0 Å². The van der Waals surface area contributed by atoms with Crippen molar-refractivity contribution in [2.45, 2.75) is 18.6 Å². The normalized spacial score (nSPS) is 22.4. The predicted molar refractivity (Wildman–Crippen MR) is 64.5 cm³/mol. The van der Waals surface area contributed by atoms with Gasteiger partial charge < -0.3 is 10.5 Å². The van der Waals surface area contributed by atoms with Crippen LogP contribution in [-0.4, -0.2) is 9.78 Å². The number of benzene rings is 1. The fraction of sp³-hybridized carbons (Fsp3) is 0.308. The van der Waals surface area contributed by atoms with Gasteiger partial charge in [-0.2, -0.15) is 5.10 Å². The SMILES string of the molecule is Cn1cc(C2CC(N)c3ccc(F)cc3O2)cn1. The molecule has 2 aromatic rings. The molecule has 94 valence electrons. The van der Waals surface area contributed by atoms with Crippen LogP contribution < -0.4 is 10.5 Å². The van der Waals surface area contributed by atoms with Crippen LogP contribution in [0.3, 0.4) is 0 Å². The summed E-state index contributed by atoms with van der Waals surface area (Å²) in [7, 11) is 1.85. The molecule has 0 spiro atoms. The third-order valence-corrected chi connectivity index (χ3v) is 3.21. The van der Waals surface area contributed by atoms with E-state index < -0.39 is 0 Å². The molecule has 0 radical (unpaired) electrons. The molecule has 0 amide bonds. The van der Waals surface area contributed by atoms with Crippen molar-refractivity contribution in [2.75, 3.05) is 0 Å². The topological polar surface area (TPSA) is 53.1 Å². The molecule has 0 saturated heterocycles. The highest BCUT2D eigenvalue weighted by Gasteiger charge is 2.28. The molecule has 4 nitrogen and oxygen atoms in total. The van der Waals surface area contributed by atoms with Gasteiger partial charge in [-0.25, -0.2) is 4.39 Å². The van der Waals surface area contributed by atoms with Gasteiger partial charge in [-0.05, 0) is 6.07 Å². The van der Waals surface area contributed by atoms with Crippen molar-refractivity contribution in [3.63, 3.8) is 0 Å². The second-order valence-electron chi connectivity index (χ2n) is 4.58. The van der Waals surface area contributed by atoms with E-state index in [9.17, 15) is 4.39 Å². The average Bonchev–Trinajstić information content (AvgIpc) is 2.75. The van der Waals surface area contributed by atoms with E-state index in [2.05, 4.69) is 5.10 Å². The molecule has 0 aliphatic carbocycles. The van der Waals surface area contributed by atoms with E-state index >= 15 is 0 Å². The van der Waals surface area contributed by atoms with Crippen molar-refractivity contribution in [1.82, 2.24) is 9.78 Å². The molecule has 5 heteroatoms. The molecule has 3 rings (SSSR count). The number of fused-ring (bicyclic) bond motifs is 1. The second kappa shape index (κ2) is 4.10. The number of rotatable bonds is 1. The summed E-state index contributed by atoms with van der Waals surface area (Å²) < 4.78 is 20.7. The zero-order chi connectivity index (χ0) is 12.7. The van der Waals surface area contributed by atoms with Crippen molar-refractivity contribution >= 4 is 0 Å². The fourth-order valence-corrected chi connectivity index (χ4v) is 2.29. The smallest absolute Gasteiger partial charge is 0.129 e. The van der Waals surface area contributed by atoms with Gasteiger partial charge >= 0.3 is 0 Å². The minimum absolute atomic E-state index is 0.139. The maximum Gasteiger partial charge on any atom is 0.129 e. The van der Waals surface area contributed by atoms with Crippen LogP contribution in [0.1, 0.15) is 29.7 Å². The van der Waals surface area contributed by atoms with Crippen LogP contribution in [0.2, 0.25) is 0 Å². The monoisotopic (exact) mass is 247 g/mol. The van der Waals surface area contributed by atoms with Crippen LogP contribution in [0, 0.1) is 5.82 Å². The lowest BCUT2D eigenvalue weighted by atomic mass is 9.95. The van der Waals surface area contributed by atoms with Crippen LogP contribution in [0.25, 0.3) is 0 Å². The predicted octanol–water partition coefficient (Wildman–Crippen LogP) is 2.08. The zero-order valence-electron chi connectivity index (χ0n) is 10.0. The average molecular weight is 247 g/mol. The summed E-state index contributed by atoms with van der Waals surface area (Å²) in [5, 5.41) is 4.11. The minimum atomic E-state index is -0.312. The van der Waals surface area contributed by atoms with Crippen LogP contribution >= 0.6 is 0 Å². The Morgan fingerprint density at radius 1 is 1.50 bits per heavy atom. The number of nitrogens with two attached hydrogens (primary N) is 1. The second-order valence-corrected chi connectivity index (χ2v) is 4.58. The highest BCUT2D eigenvalue weighted by atomic mass is 19.1. The molecule has 1 aromatic carbocycles. The molecule has 2 N–H and O–H groups in total. The van der Waals surface area contributed by atoms with Crippen LogP contribution in [0.5, 0.6) is 5.75 Å². The van der Waals surface area contributed by atoms with Gasteiger partial charge in [-0.15, -0.1) is 0 Å². The van der Waals surface area contributed by atoms with Gasteiger partial charge in [0, 0.05) is 42.9 Å². The lowest BCUT2D eigenvalue weighted by Gasteiger charge is -2.29. The lowest BCUT2D eigenvalue weighted by Crippen LogP contribution is -2.24. The molecule has 2 heterocycles. The maximum absolute atomic E-state index is 13.2. The molecular weight excluding hydrogens is 233 g/mol. The Balaban J connectivity index is 1.95. The van der Waals surface area contributed by atoms with Crippen molar-refractivity contribution in [3.8, 4) is 5.75 Å². The van der Waals surface area contributed by atoms with Gasteiger partial charge in [0.05, 0.1) is 6.20 Å². The lowest BCUT2D eigenvalue weighted by molar-refractivity contribution is 0.160. The summed E-state index contributed by atoms with van der Waals surface area (Å²) in [6, 6.07) is 4.35. The third kappa shape index (κ3) is 1.86. The number of hydrogen-bond acceptors (Lipinski definition) is 3. The quantitative estimate of drug-likeness (QED) is 0.839. The van der Waals surface area contributed by atoms with Gasteiger partial charge in [0.25, 0.3) is 0 Å². The molecule has 18 heavy (non-hydrogen) atoms. The zero-order valence-corrected chi connectivity index (χ0v) is 10.0. The summed E-state index contributed by atoms with van der Waals surface area (Å²) >= 11 is 0. The van der Waals surface area contributed by atoms with E-state index in [4.69, 9.17) is 10.5 Å². The van der Waals surface area contributed by atoms with Gasteiger partial charge in [0.15, 0.2) is 0 Å². The standard InChI is InChI=1S/C13H14FN3O/c1-17-7-8(6-16-17)12-5-11(15)10-3-2-9(14)4-13(10)18-12/h2-4,6-7,11-12H,5,15H2,1H3. The first-order valence-corrected chi connectivity index (χ1v) is 5.83. The summed E-state index contributed by atoms with van der Waals surface area (Å²) in [5.74, 6) is 0.218. The Bertz CT molecular complexity index is 581. The molecule has 1 aromatic heterocycles. The number of aromatic nitrogens is 2. The van der Waals surface area contributed by atoms with Gasteiger partial charge in [0.1, 0.15) is 17.7 Å². The molecule has 1 aliphatic rings. The molecule has 2 atom stereocenters. The van der Waals surface area contributed by atoms with E-state index in [1.54, 1.807) is 16.9 Å². The Labute approximate surface area is 104 Å². The van der Waals surface area contributed by atoms with Crippen LogP contribution in [-0.2, 0) is 7.05 Å². The fourth-order valence-electron chi connectivity index (χ4n) is 2.29. The van der Waals surface area contributed by atoms with Crippen molar-refractivity contribution < 1.29 is 9.13 Å². The van der Waals surface area contributed by atoms with Crippen LogP contribution in [0.15, 0.2) is 30.6 Å². The first kappa shape index (κ1) is 11.2. The van der Waals surface area contributed by atoms with E-state index in [-0.39, 0.29) is 18.0 Å². The van der Waals surface area contributed by atoms with Gasteiger partial charge in [0.2, 0.25) is 0 Å². The number of hydrogen-bond donors (Lipinski definition) is 1. The largest absolute Gasteiger partial charge is 0.485 e. The third-order valence-electron chi connectivity index (χ3n) is 3.21. The van der Waals surface area contributed by atoms with Gasteiger partial charge in [-0.1, -0.05) is 6.07 Å². The summed E-state index contributed by atoms with van der Waals surface area (Å²) in [5.41, 5.74) is 7.92.